The Bertz CT molecular complexity index is 788. The lowest BCUT2D eigenvalue weighted by Crippen LogP contribution is -2.00. The first-order valence-corrected chi connectivity index (χ1v) is 7.02. The number of carbonyl (C=O) groups excluding carboxylic acids is 1. The summed E-state index contributed by atoms with van der Waals surface area (Å²) in [6.45, 7) is 0.146. The first-order valence-electron chi connectivity index (χ1n) is 6.64. The number of hydrogen-bond acceptors (Lipinski definition) is 4. The maximum absolute atomic E-state index is 11.7. The van der Waals surface area contributed by atoms with E-state index in [1.54, 1.807) is 24.4 Å². The molecule has 0 bridgehead atoms. The smallest absolute Gasteiger partial charge is 0.331 e. The second-order valence-electron chi connectivity index (χ2n) is 4.62. The van der Waals surface area contributed by atoms with Gasteiger partial charge in [-0.25, -0.2) is 9.78 Å². The maximum atomic E-state index is 11.7. The van der Waals surface area contributed by atoms with E-state index < -0.39 is 5.97 Å². The van der Waals surface area contributed by atoms with E-state index in [1.165, 1.54) is 6.08 Å². The molecule has 2 aromatic heterocycles. The molecule has 0 N–H and O–H groups in total. The number of fused-ring (bicyclic) bond motifs is 1. The van der Waals surface area contributed by atoms with Crippen molar-refractivity contribution < 1.29 is 13.9 Å². The first kappa shape index (κ1) is 14.4. The highest BCUT2D eigenvalue weighted by atomic mass is 35.5. The van der Waals surface area contributed by atoms with Crippen LogP contribution in [0.5, 0.6) is 0 Å². The summed E-state index contributed by atoms with van der Waals surface area (Å²) in [5.41, 5.74) is 1.55. The zero-order chi connectivity index (χ0) is 15.4. The number of ether oxygens (including phenoxy) is 1. The molecule has 3 rings (SSSR count). The van der Waals surface area contributed by atoms with Crippen molar-refractivity contribution in [3.8, 4) is 0 Å². The largest absolute Gasteiger partial charge is 0.458 e. The van der Waals surface area contributed by atoms with Crippen LogP contribution < -0.4 is 0 Å². The molecule has 110 valence electrons. The number of rotatable bonds is 4. The Balaban J connectivity index is 1.59. The number of para-hydroxylation sites is 1. The molecule has 0 unspecified atom stereocenters. The fourth-order valence-electron chi connectivity index (χ4n) is 1.93. The number of carbonyl (C=O) groups is 1. The second-order valence-corrected chi connectivity index (χ2v) is 5.00. The highest BCUT2D eigenvalue weighted by molar-refractivity contribution is 6.29. The Morgan fingerprint density at radius 2 is 2.14 bits per heavy atom. The molecule has 0 amide bonds. The normalized spacial score (nSPS) is 11.1. The van der Waals surface area contributed by atoms with E-state index in [2.05, 4.69) is 4.98 Å². The molecule has 0 radical (unpaired) electrons. The number of aromatic nitrogens is 1. The molecular weight excluding hydrogens is 302 g/mol. The fourth-order valence-corrected chi connectivity index (χ4v) is 2.04. The fraction of sp³-hybridized carbons (Fsp3) is 0.0588. The van der Waals surface area contributed by atoms with Crippen LogP contribution in [-0.2, 0) is 16.1 Å². The molecule has 0 saturated heterocycles. The van der Waals surface area contributed by atoms with Crippen LogP contribution in [0.4, 0.5) is 0 Å². The van der Waals surface area contributed by atoms with Crippen LogP contribution in [0.25, 0.3) is 17.0 Å². The Morgan fingerprint density at radius 1 is 1.27 bits per heavy atom. The van der Waals surface area contributed by atoms with Crippen molar-refractivity contribution in [3.05, 3.63) is 71.2 Å². The summed E-state index contributed by atoms with van der Waals surface area (Å²) in [6, 6.07) is 12.9. The third-order valence-electron chi connectivity index (χ3n) is 3.00. The van der Waals surface area contributed by atoms with E-state index in [-0.39, 0.29) is 6.61 Å². The number of esters is 1. The number of pyridine rings is 1. The summed E-state index contributed by atoms with van der Waals surface area (Å²) in [4.78, 5) is 15.6. The summed E-state index contributed by atoms with van der Waals surface area (Å²) in [5.74, 6) is 0.154. The molecule has 4 nitrogen and oxygen atoms in total. The summed E-state index contributed by atoms with van der Waals surface area (Å²) in [7, 11) is 0. The van der Waals surface area contributed by atoms with Crippen molar-refractivity contribution >= 4 is 34.6 Å². The molecule has 0 spiro atoms. The molecule has 0 atom stereocenters. The lowest BCUT2D eigenvalue weighted by atomic mass is 10.2. The highest BCUT2D eigenvalue weighted by Gasteiger charge is 2.02. The van der Waals surface area contributed by atoms with Crippen molar-refractivity contribution in [1.82, 2.24) is 4.98 Å². The zero-order valence-electron chi connectivity index (χ0n) is 11.5. The summed E-state index contributed by atoms with van der Waals surface area (Å²) >= 11 is 5.68. The highest BCUT2D eigenvalue weighted by Crippen LogP contribution is 2.19. The first-order chi connectivity index (χ1) is 10.7. The Kier molecular flexibility index (Phi) is 4.21. The van der Waals surface area contributed by atoms with Gasteiger partial charge in [0.2, 0.25) is 0 Å². The number of hydrogen-bond donors (Lipinski definition) is 0. The van der Waals surface area contributed by atoms with Gasteiger partial charge in [-0.2, -0.15) is 0 Å². The van der Waals surface area contributed by atoms with E-state index >= 15 is 0 Å². The standard InChI is InChI=1S/C17H12ClNO3/c18-16-7-5-12(10-19-16)11-21-17(20)8-6-14-9-13-3-1-2-4-15(13)22-14/h1-10H,11H2/b8-6+. The van der Waals surface area contributed by atoms with Crippen molar-refractivity contribution in [2.75, 3.05) is 0 Å². The van der Waals surface area contributed by atoms with Crippen LogP contribution in [0, 0.1) is 0 Å². The summed E-state index contributed by atoms with van der Waals surface area (Å²) in [6.07, 6.45) is 4.49. The topological polar surface area (TPSA) is 52.3 Å². The minimum absolute atomic E-state index is 0.146. The third-order valence-corrected chi connectivity index (χ3v) is 3.22. The Labute approximate surface area is 132 Å². The molecule has 0 saturated carbocycles. The van der Waals surface area contributed by atoms with E-state index in [4.69, 9.17) is 20.8 Å². The quantitative estimate of drug-likeness (QED) is 0.411. The van der Waals surface area contributed by atoms with Gasteiger partial charge in [-0.1, -0.05) is 35.9 Å². The van der Waals surface area contributed by atoms with Gasteiger partial charge in [-0.15, -0.1) is 0 Å². The molecule has 0 aliphatic heterocycles. The van der Waals surface area contributed by atoms with E-state index in [0.717, 1.165) is 16.5 Å². The molecule has 0 fully saturated rings. The lowest BCUT2D eigenvalue weighted by Gasteiger charge is -2.01. The molecule has 22 heavy (non-hydrogen) atoms. The Morgan fingerprint density at radius 3 is 2.91 bits per heavy atom. The average Bonchev–Trinajstić information content (AvgIpc) is 2.95. The summed E-state index contributed by atoms with van der Waals surface area (Å²) in [5, 5.41) is 1.39. The van der Waals surface area contributed by atoms with E-state index in [9.17, 15) is 4.79 Å². The van der Waals surface area contributed by atoms with Gasteiger partial charge >= 0.3 is 5.97 Å². The maximum Gasteiger partial charge on any atom is 0.331 e. The number of furan rings is 1. The minimum atomic E-state index is -0.449. The van der Waals surface area contributed by atoms with Crippen LogP contribution in [0.15, 0.2) is 59.2 Å². The van der Waals surface area contributed by atoms with Crippen LogP contribution in [0.1, 0.15) is 11.3 Å². The van der Waals surface area contributed by atoms with Crippen molar-refractivity contribution in [2.24, 2.45) is 0 Å². The van der Waals surface area contributed by atoms with Crippen LogP contribution >= 0.6 is 11.6 Å². The van der Waals surface area contributed by atoms with Gasteiger partial charge in [0.25, 0.3) is 0 Å². The predicted molar refractivity (Wildman–Crippen MR) is 84.3 cm³/mol. The minimum Gasteiger partial charge on any atom is -0.458 e. The third kappa shape index (κ3) is 3.54. The average molecular weight is 314 g/mol. The van der Waals surface area contributed by atoms with E-state index in [1.807, 2.05) is 30.3 Å². The van der Waals surface area contributed by atoms with Gasteiger partial charge in [-0.05, 0) is 24.3 Å². The van der Waals surface area contributed by atoms with Gasteiger partial charge in [-0.3, -0.25) is 0 Å². The van der Waals surface area contributed by atoms with Crippen LogP contribution in [-0.4, -0.2) is 11.0 Å². The second kappa shape index (κ2) is 6.45. The Hall–Kier alpha value is -2.59. The van der Waals surface area contributed by atoms with Crippen molar-refractivity contribution in [1.29, 1.82) is 0 Å². The van der Waals surface area contributed by atoms with Crippen LogP contribution in [0.2, 0.25) is 5.15 Å². The van der Waals surface area contributed by atoms with Crippen molar-refractivity contribution in [3.63, 3.8) is 0 Å². The number of benzene rings is 1. The zero-order valence-corrected chi connectivity index (χ0v) is 12.3. The molecular formula is C17H12ClNO3. The summed E-state index contributed by atoms with van der Waals surface area (Å²) < 4.78 is 10.7. The molecule has 1 aromatic carbocycles. The molecule has 2 heterocycles. The van der Waals surface area contributed by atoms with Gasteiger partial charge in [0.1, 0.15) is 23.1 Å². The monoisotopic (exact) mass is 313 g/mol. The van der Waals surface area contributed by atoms with E-state index in [0.29, 0.717) is 10.9 Å². The molecule has 0 aliphatic carbocycles. The van der Waals surface area contributed by atoms with Gasteiger partial charge in [0, 0.05) is 23.2 Å². The van der Waals surface area contributed by atoms with Gasteiger partial charge < -0.3 is 9.15 Å². The van der Waals surface area contributed by atoms with Gasteiger partial charge in [0.05, 0.1) is 0 Å². The number of nitrogens with zero attached hydrogens (tertiary/aromatic N) is 1. The van der Waals surface area contributed by atoms with Crippen LogP contribution in [0.3, 0.4) is 0 Å². The molecule has 0 aliphatic rings. The predicted octanol–water partition coefficient (Wildman–Crippen LogP) is 4.24. The molecule has 3 aromatic rings. The number of halogens is 1. The molecule has 5 heteroatoms. The van der Waals surface area contributed by atoms with Gasteiger partial charge in [0.15, 0.2) is 0 Å². The SMILES string of the molecule is O=C(/C=C/c1cc2ccccc2o1)OCc1ccc(Cl)nc1. The van der Waals surface area contributed by atoms with Crippen molar-refractivity contribution in [2.45, 2.75) is 6.61 Å². The lowest BCUT2D eigenvalue weighted by molar-refractivity contribution is -0.138.